The highest BCUT2D eigenvalue weighted by Crippen LogP contribution is 2.33. The Morgan fingerprint density at radius 3 is 2.75 bits per heavy atom. The van der Waals surface area contributed by atoms with Crippen molar-refractivity contribution in [3.8, 4) is 17.6 Å². The van der Waals surface area contributed by atoms with Gasteiger partial charge in [0.05, 0.1) is 11.0 Å². The number of nitriles is 1. The molecular weight excluding hydrogens is 312 g/mol. The summed E-state index contributed by atoms with van der Waals surface area (Å²) in [7, 11) is 0. The SMILES string of the molecule is CC(Nc1ccc([N+](=O)[O-])c(C#N)n1)c1ccc2c(c1)OCCO2. The molecule has 3 rings (SSSR count). The van der Waals surface area contributed by atoms with E-state index in [0.717, 1.165) is 5.56 Å². The molecule has 24 heavy (non-hydrogen) atoms. The Bertz CT molecular complexity index is 831. The van der Waals surface area contributed by atoms with Crippen LogP contribution in [0.15, 0.2) is 30.3 Å². The van der Waals surface area contributed by atoms with Gasteiger partial charge < -0.3 is 14.8 Å². The standard InChI is InChI=1S/C16H14N4O4/c1-10(11-2-4-14-15(8-11)24-7-6-23-14)18-16-5-3-13(20(21)22)12(9-17)19-16/h2-5,8,10H,6-7H2,1H3,(H,18,19). The van der Waals surface area contributed by atoms with Gasteiger partial charge in [-0.1, -0.05) is 6.07 Å². The number of anilines is 1. The van der Waals surface area contributed by atoms with E-state index in [2.05, 4.69) is 10.3 Å². The Kier molecular flexibility index (Phi) is 4.16. The molecule has 2 heterocycles. The lowest BCUT2D eigenvalue weighted by Gasteiger charge is -2.21. The number of nitrogens with zero attached hydrogens (tertiary/aromatic N) is 3. The molecule has 0 saturated carbocycles. The maximum absolute atomic E-state index is 10.8. The quantitative estimate of drug-likeness (QED) is 0.679. The minimum absolute atomic E-state index is 0.138. The Hall–Kier alpha value is -3.34. The summed E-state index contributed by atoms with van der Waals surface area (Å²) in [4.78, 5) is 14.2. The summed E-state index contributed by atoms with van der Waals surface area (Å²) in [6.45, 7) is 2.96. The monoisotopic (exact) mass is 326 g/mol. The first-order valence-corrected chi connectivity index (χ1v) is 7.30. The van der Waals surface area contributed by atoms with Gasteiger partial charge in [0.1, 0.15) is 25.1 Å². The highest BCUT2D eigenvalue weighted by atomic mass is 16.6. The molecule has 1 unspecified atom stereocenters. The van der Waals surface area contributed by atoms with E-state index in [1.54, 1.807) is 6.07 Å². The van der Waals surface area contributed by atoms with Crippen LogP contribution in [-0.2, 0) is 0 Å². The molecule has 2 aromatic rings. The normalized spacial score (nSPS) is 13.7. The maximum atomic E-state index is 10.8. The molecule has 8 heteroatoms. The maximum Gasteiger partial charge on any atom is 0.305 e. The van der Waals surface area contributed by atoms with Gasteiger partial charge in [0.25, 0.3) is 0 Å². The van der Waals surface area contributed by atoms with Crippen molar-refractivity contribution in [1.29, 1.82) is 5.26 Å². The summed E-state index contributed by atoms with van der Waals surface area (Å²) in [6, 6.07) is 9.97. The summed E-state index contributed by atoms with van der Waals surface area (Å²) >= 11 is 0. The van der Waals surface area contributed by atoms with Crippen molar-refractivity contribution in [3.63, 3.8) is 0 Å². The highest BCUT2D eigenvalue weighted by molar-refractivity contribution is 5.52. The molecule has 1 aromatic heterocycles. The molecule has 0 radical (unpaired) electrons. The van der Waals surface area contributed by atoms with E-state index in [4.69, 9.17) is 14.7 Å². The van der Waals surface area contributed by atoms with Crippen molar-refractivity contribution in [2.24, 2.45) is 0 Å². The summed E-state index contributed by atoms with van der Waals surface area (Å²) in [5.41, 5.74) is 0.410. The second kappa shape index (κ2) is 6.42. The van der Waals surface area contributed by atoms with Crippen molar-refractivity contribution in [1.82, 2.24) is 4.98 Å². The summed E-state index contributed by atoms with van der Waals surface area (Å²) in [5.74, 6) is 1.78. The summed E-state index contributed by atoms with van der Waals surface area (Å²) in [5, 5.41) is 23.0. The molecule has 1 N–H and O–H groups in total. The molecule has 1 aliphatic heterocycles. The Morgan fingerprint density at radius 1 is 1.29 bits per heavy atom. The lowest BCUT2D eigenvalue weighted by atomic mass is 10.1. The molecule has 122 valence electrons. The van der Waals surface area contributed by atoms with Crippen LogP contribution in [0, 0.1) is 21.4 Å². The predicted octanol–water partition coefficient (Wildman–Crippen LogP) is 2.81. The van der Waals surface area contributed by atoms with Gasteiger partial charge in [0.15, 0.2) is 11.5 Å². The summed E-state index contributed by atoms with van der Waals surface area (Å²) in [6.07, 6.45) is 0. The molecule has 8 nitrogen and oxygen atoms in total. The van der Waals surface area contributed by atoms with Crippen molar-refractivity contribution >= 4 is 11.5 Å². The third-order valence-electron chi connectivity index (χ3n) is 3.61. The Labute approximate surface area is 137 Å². The number of nitro groups is 1. The number of fused-ring (bicyclic) bond motifs is 1. The Morgan fingerprint density at radius 2 is 2.04 bits per heavy atom. The molecular formula is C16H14N4O4. The van der Waals surface area contributed by atoms with Crippen molar-refractivity contribution in [2.45, 2.75) is 13.0 Å². The lowest BCUT2D eigenvalue weighted by Crippen LogP contribution is -2.16. The van der Waals surface area contributed by atoms with Crippen LogP contribution in [0.4, 0.5) is 11.5 Å². The van der Waals surface area contributed by atoms with E-state index >= 15 is 0 Å². The van der Waals surface area contributed by atoms with Crippen LogP contribution in [0.5, 0.6) is 11.5 Å². The van der Waals surface area contributed by atoms with Crippen molar-refractivity contribution in [2.75, 3.05) is 18.5 Å². The zero-order chi connectivity index (χ0) is 17.1. The number of hydrogen-bond acceptors (Lipinski definition) is 7. The smallest absolute Gasteiger partial charge is 0.305 e. The van der Waals surface area contributed by atoms with E-state index in [9.17, 15) is 10.1 Å². The number of aromatic nitrogens is 1. The average Bonchev–Trinajstić information content (AvgIpc) is 2.60. The highest BCUT2D eigenvalue weighted by Gasteiger charge is 2.18. The largest absolute Gasteiger partial charge is 0.486 e. The van der Waals surface area contributed by atoms with Crippen LogP contribution in [-0.4, -0.2) is 23.1 Å². The number of rotatable bonds is 4. The van der Waals surface area contributed by atoms with Gasteiger partial charge >= 0.3 is 5.69 Å². The summed E-state index contributed by atoms with van der Waals surface area (Å²) < 4.78 is 11.0. The predicted molar refractivity (Wildman–Crippen MR) is 85.1 cm³/mol. The van der Waals surface area contributed by atoms with Crippen LogP contribution >= 0.6 is 0 Å². The zero-order valence-corrected chi connectivity index (χ0v) is 12.9. The molecule has 0 amide bonds. The van der Waals surface area contributed by atoms with E-state index in [1.807, 2.05) is 25.1 Å². The first-order valence-electron chi connectivity index (χ1n) is 7.30. The van der Waals surface area contributed by atoms with Gasteiger partial charge in [0, 0.05) is 6.07 Å². The molecule has 0 bridgehead atoms. The Balaban J connectivity index is 1.81. The fourth-order valence-corrected chi connectivity index (χ4v) is 2.40. The minimum atomic E-state index is -0.625. The number of nitrogens with one attached hydrogen (secondary N) is 1. The van der Waals surface area contributed by atoms with Crippen LogP contribution < -0.4 is 14.8 Å². The van der Waals surface area contributed by atoms with Gasteiger partial charge in [-0.25, -0.2) is 4.98 Å². The van der Waals surface area contributed by atoms with E-state index < -0.39 is 4.92 Å². The number of ether oxygens (including phenoxy) is 2. The second-order valence-electron chi connectivity index (χ2n) is 5.20. The van der Waals surface area contributed by atoms with E-state index in [1.165, 1.54) is 12.1 Å². The number of benzene rings is 1. The van der Waals surface area contributed by atoms with Crippen LogP contribution in [0.2, 0.25) is 0 Å². The van der Waals surface area contributed by atoms with Crippen molar-refractivity contribution < 1.29 is 14.4 Å². The van der Waals surface area contributed by atoms with Gasteiger partial charge in [0.2, 0.25) is 5.69 Å². The topological polar surface area (TPSA) is 110 Å². The minimum Gasteiger partial charge on any atom is -0.486 e. The fraction of sp³-hybridized carbons (Fsp3) is 0.250. The van der Waals surface area contributed by atoms with E-state index in [-0.39, 0.29) is 17.4 Å². The van der Waals surface area contributed by atoms with Crippen LogP contribution in [0.3, 0.4) is 0 Å². The third-order valence-corrected chi connectivity index (χ3v) is 3.61. The van der Waals surface area contributed by atoms with Crippen LogP contribution in [0.25, 0.3) is 0 Å². The van der Waals surface area contributed by atoms with Gasteiger partial charge in [-0.3, -0.25) is 10.1 Å². The van der Waals surface area contributed by atoms with Gasteiger partial charge in [-0.15, -0.1) is 0 Å². The molecule has 0 spiro atoms. The van der Waals surface area contributed by atoms with Crippen LogP contribution in [0.1, 0.15) is 24.2 Å². The first-order chi connectivity index (χ1) is 11.6. The molecule has 1 atom stereocenters. The lowest BCUT2D eigenvalue weighted by molar-refractivity contribution is -0.385. The van der Waals surface area contributed by atoms with Gasteiger partial charge in [-0.2, -0.15) is 5.26 Å². The molecule has 0 fully saturated rings. The molecule has 0 saturated heterocycles. The molecule has 1 aromatic carbocycles. The average molecular weight is 326 g/mol. The van der Waals surface area contributed by atoms with Gasteiger partial charge in [-0.05, 0) is 30.7 Å². The molecule has 1 aliphatic rings. The third kappa shape index (κ3) is 3.05. The number of pyridine rings is 1. The fourth-order valence-electron chi connectivity index (χ4n) is 2.40. The van der Waals surface area contributed by atoms with E-state index in [0.29, 0.717) is 30.5 Å². The molecule has 0 aliphatic carbocycles. The first kappa shape index (κ1) is 15.6. The van der Waals surface area contributed by atoms with Crippen molar-refractivity contribution in [3.05, 3.63) is 51.7 Å². The zero-order valence-electron chi connectivity index (χ0n) is 12.9. The number of hydrogen-bond donors (Lipinski definition) is 1. The second-order valence-corrected chi connectivity index (χ2v) is 5.20.